The van der Waals surface area contributed by atoms with Crippen LogP contribution in [0, 0.1) is 5.41 Å². The van der Waals surface area contributed by atoms with E-state index in [1.807, 2.05) is 0 Å². The van der Waals surface area contributed by atoms with Crippen molar-refractivity contribution in [3.63, 3.8) is 0 Å². The second kappa shape index (κ2) is 8.93. The van der Waals surface area contributed by atoms with Crippen LogP contribution in [0.2, 0.25) is 0 Å². The van der Waals surface area contributed by atoms with Crippen LogP contribution in [-0.2, 0) is 4.74 Å². The zero-order chi connectivity index (χ0) is 14.1. The van der Waals surface area contributed by atoms with Crippen molar-refractivity contribution in [3.8, 4) is 0 Å². The fourth-order valence-electron chi connectivity index (χ4n) is 3.09. The van der Waals surface area contributed by atoms with Crippen LogP contribution in [0.1, 0.15) is 52.9 Å². The maximum Gasteiger partial charge on any atom is 0.0472 e. The molecule has 0 saturated carbocycles. The number of nitrogens with zero attached hydrogens (tertiary/aromatic N) is 1. The number of ether oxygens (including phenoxy) is 1. The Bertz CT molecular complexity index is 219. The van der Waals surface area contributed by atoms with E-state index in [0.29, 0.717) is 11.5 Å². The summed E-state index contributed by atoms with van der Waals surface area (Å²) in [6, 6.07) is 0.647. The molecular weight excluding hydrogens is 236 g/mol. The van der Waals surface area contributed by atoms with Gasteiger partial charge in [-0.05, 0) is 52.1 Å². The Morgan fingerprint density at radius 3 is 2.42 bits per heavy atom. The van der Waals surface area contributed by atoms with Crippen LogP contribution < -0.4 is 5.32 Å². The molecule has 3 nitrogen and oxygen atoms in total. The molecule has 0 aromatic rings. The van der Waals surface area contributed by atoms with Crippen LogP contribution in [0.25, 0.3) is 0 Å². The summed E-state index contributed by atoms with van der Waals surface area (Å²) in [5.74, 6) is 0. The predicted octanol–water partition coefficient (Wildman–Crippen LogP) is 2.90. The maximum atomic E-state index is 5.57. The van der Waals surface area contributed by atoms with E-state index in [4.69, 9.17) is 4.74 Å². The van der Waals surface area contributed by atoms with Gasteiger partial charge >= 0.3 is 0 Å². The van der Waals surface area contributed by atoms with Gasteiger partial charge in [-0.1, -0.05) is 19.8 Å². The van der Waals surface area contributed by atoms with E-state index in [2.05, 4.69) is 38.0 Å². The van der Waals surface area contributed by atoms with E-state index < -0.39 is 0 Å². The Morgan fingerprint density at radius 1 is 1.21 bits per heavy atom. The molecule has 0 bridgehead atoms. The molecule has 0 aromatic carbocycles. The van der Waals surface area contributed by atoms with Crippen molar-refractivity contribution in [3.05, 3.63) is 0 Å². The van der Waals surface area contributed by atoms with E-state index in [0.717, 1.165) is 19.8 Å². The lowest BCUT2D eigenvalue weighted by molar-refractivity contribution is -0.00890. The van der Waals surface area contributed by atoms with Gasteiger partial charge in [-0.25, -0.2) is 0 Å². The zero-order valence-electron chi connectivity index (χ0n) is 13.5. The molecular formula is C16H34N2O. The first kappa shape index (κ1) is 16.9. The minimum absolute atomic E-state index is 0.420. The lowest BCUT2D eigenvalue weighted by atomic mass is 9.79. The predicted molar refractivity (Wildman–Crippen MR) is 82.6 cm³/mol. The standard InChI is InChI=1S/C16H34N2O/c1-5-6-7-10-18(15(2)3)14-16(13-17-4)8-11-19-12-9-16/h15,17H,5-14H2,1-4H3. The Kier molecular flexibility index (Phi) is 7.96. The normalized spacial score (nSPS) is 19.3. The third-order valence-electron chi connectivity index (χ3n) is 4.42. The lowest BCUT2D eigenvalue weighted by Crippen LogP contribution is -2.48. The van der Waals surface area contributed by atoms with Crippen LogP contribution in [-0.4, -0.2) is 50.8 Å². The molecule has 1 fully saturated rings. The SMILES string of the molecule is CCCCCN(CC1(CNC)CCOCC1)C(C)C. The monoisotopic (exact) mass is 270 g/mol. The minimum Gasteiger partial charge on any atom is -0.381 e. The van der Waals surface area contributed by atoms with Crippen LogP contribution in [0.4, 0.5) is 0 Å². The highest BCUT2D eigenvalue weighted by Gasteiger charge is 2.34. The summed E-state index contributed by atoms with van der Waals surface area (Å²) in [6.07, 6.45) is 6.39. The molecule has 1 heterocycles. The molecule has 0 amide bonds. The zero-order valence-corrected chi connectivity index (χ0v) is 13.5. The topological polar surface area (TPSA) is 24.5 Å². The Hall–Kier alpha value is -0.120. The summed E-state index contributed by atoms with van der Waals surface area (Å²) < 4.78 is 5.57. The van der Waals surface area contributed by atoms with Crippen LogP contribution >= 0.6 is 0 Å². The number of hydrogen-bond donors (Lipinski definition) is 1. The minimum atomic E-state index is 0.420. The van der Waals surface area contributed by atoms with Crippen molar-refractivity contribution in [2.45, 2.75) is 58.9 Å². The van der Waals surface area contributed by atoms with Crippen molar-refractivity contribution in [2.75, 3.05) is 39.9 Å². The fraction of sp³-hybridized carbons (Fsp3) is 1.00. The maximum absolute atomic E-state index is 5.57. The van der Waals surface area contributed by atoms with Crippen molar-refractivity contribution in [1.82, 2.24) is 10.2 Å². The van der Waals surface area contributed by atoms with Gasteiger partial charge in [-0.3, -0.25) is 0 Å². The highest BCUT2D eigenvalue weighted by Crippen LogP contribution is 2.31. The van der Waals surface area contributed by atoms with Crippen molar-refractivity contribution in [2.24, 2.45) is 5.41 Å². The summed E-state index contributed by atoms with van der Waals surface area (Å²) in [4.78, 5) is 2.68. The van der Waals surface area contributed by atoms with Gasteiger partial charge < -0.3 is 15.0 Å². The molecule has 1 N–H and O–H groups in total. The molecule has 0 unspecified atom stereocenters. The molecule has 1 saturated heterocycles. The molecule has 1 rings (SSSR count). The van der Waals surface area contributed by atoms with E-state index in [9.17, 15) is 0 Å². The second-order valence-electron chi connectivity index (χ2n) is 6.41. The van der Waals surface area contributed by atoms with Gasteiger partial charge in [-0.15, -0.1) is 0 Å². The van der Waals surface area contributed by atoms with Gasteiger partial charge in [0.15, 0.2) is 0 Å². The molecule has 0 radical (unpaired) electrons. The first-order chi connectivity index (χ1) is 9.13. The molecule has 1 aliphatic rings. The van der Waals surface area contributed by atoms with E-state index in [1.54, 1.807) is 0 Å². The molecule has 0 spiro atoms. The van der Waals surface area contributed by atoms with Crippen LogP contribution in [0.3, 0.4) is 0 Å². The van der Waals surface area contributed by atoms with Crippen LogP contribution in [0.15, 0.2) is 0 Å². The van der Waals surface area contributed by atoms with Gasteiger partial charge in [0.1, 0.15) is 0 Å². The first-order valence-electron chi connectivity index (χ1n) is 8.10. The molecule has 0 atom stereocenters. The molecule has 0 aromatic heterocycles. The summed E-state index contributed by atoms with van der Waals surface area (Å²) in [5, 5.41) is 3.41. The summed E-state index contributed by atoms with van der Waals surface area (Å²) in [5.41, 5.74) is 0.420. The summed E-state index contributed by atoms with van der Waals surface area (Å²) in [6.45, 7) is 12.4. The molecule has 114 valence electrons. The highest BCUT2D eigenvalue weighted by molar-refractivity contribution is 4.87. The highest BCUT2D eigenvalue weighted by atomic mass is 16.5. The van der Waals surface area contributed by atoms with Gasteiger partial charge in [0.05, 0.1) is 0 Å². The van der Waals surface area contributed by atoms with Crippen LogP contribution in [0.5, 0.6) is 0 Å². The first-order valence-corrected chi connectivity index (χ1v) is 8.10. The van der Waals surface area contributed by atoms with Crippen molar-refractivity contribution >= 4 is 0 Å². The van der Waals surface area contributed by atoms with Gasteiger partial charge in [0.2, 0.25) is 0 Å². The Balaban J connectivity index is 2.56. The number of nitrogens with one attached hydrogen (secondary N) is 1. The van der Waals surface area contributed by atoms with Gasteiger partial charge in [-0.2, -0.15) is 0 Å². The van der Waals surface area contributed by atoms with Gasteiger partial charge in [0.25, 0.3) is 0 Å². The molecule has 19 heavy (non-hydrogen) atoms. The smallest absolute Gasteiger partial charge is 0.0472 e. The lowest BCUT2D eigenvalue weighted by Gasteiger charge is -2.42. The summed E-state index contributed by atoms with van der Waals surface area (Å²) >= 11 is 0. The number of hydrogen-bond acceptors (Lipinski definition) is 3. The molecule has 1 aliphatic heterocycles. The second-order valence-corrected chi connectivity index (χ2v) is 6.41. The number of unbranched alkanes of at least 4 members (excludes halogenated alkanes) is 2. The molecule has 3 heteroatoms. The Morgan fingerprint density at radius 2 is 1.89 bits per heavy atom. The van der Waals surface area contributed by atoms with Crippen molar-refractivity contribution in [1.29, 1.82) is 0 Å². The quantitative estimate of drug-likeness (QED) is 0.652. The fourth-order valence-corrected chi connectivity index (χ4v) is 3.09. The largest absolute Gasteiger partial charge is 0.381 e. The number of rotatable bonds is 9. The van der Waals surface area contributed by atoms with E-state index >= 15 is 0 Å². The summed E-state index contributed by atoms with van der Waals surface area (Å²) in [7, 11) is 2.08. The molecule has 0 aliphatic carbocycles. The Labute approximate surface area is 120 Å². The van der Waals surface area contributed by atoms with Crippen molar-refractivity contribution < 1.29 is 4.74 Å². The van der Waals surface area contributed by atoms with E-state index in [1.165, 1.54) is 45.2 Å². The van der Waals surface area contributed by atoms with E-state index in [-0.39, 0.29) is 0 Å². The van der Waals surface area contributed by atoms with Gasteiger partial charge in [0, 0.05) is 32.3 Å². The third-order valence-corrected chi connectivity index (χ3v) is 4.42. The third kappa shape index (κ3) is 5.80. The average molecular weight is 270 g/mol. The average Bonchev–Trinajstić information content (AvgIpc) is 2.39.